The largest absolute Gasteiger partial charge is 0.377 e. The molecule has 0 saturated carbocycles. The van der Waals surface area contributed by atoms with Gasteiger partial charge in [-0.3, -0.25) is 20.0 Å². The lowest BCUT2D eigenvalue weighted by Crippen LogP contribution is -2.44. The Labute approximate surface area is 233 Å². The summed E-state index contributed by atoms with van der Waals surface area (Å²) in [6, 6.07) is 13.5. The molecule has 0 aliphatic carbocycles. The Morgan fingerprint density at radius 1 is 1.21 bits per heavy atom. The molecular weight excluding hydrogens is 525 g/mol. The van der Waals surface area contributed by atoms with Crippen LogP contribution in [0.15, 0.2) is 59.7 Å². The number of hydrogen-bond acceptors (Lipinski definition) is 6. The third-order valence-corrected chi connectivity index (χ3v) is 7.25. The Bertz CT molecular complexity index is 1220. The van der Waals surface area contributed by atoms with Crippen molar-refractivity contribution in [1.29, 1.82) is 0 Å². The lowest BCUT2D eigenvalue weighted by atomic mass is 9.96. The molecule has 0 spiro atoms. The van der Waals surface area contributed by atoms with Crippen molar-refractivity contribution >= 4 is 46.4 Å². The summed E-state index contributed by atoms with van der Waals surface area (Å²) in [6.07, 6.45) is 4.22. The molecule has 2 aromatic rings. The van der Waals surface area contributed by atoms with Crippen LogP contribution < -0.4 is 16.2 Å². The second kappa shape index (κ2) is 12.8. The summed E-state index contributed by atoms with van der Waals surface area (Å²) in [4.78, 5) is 24.0. The van der Waals surface area contributed by atoms with Crippen LogP contribution in [0.3, 0.4) is 0 Å². The molecule has 1 saturated heterocycles. The molecule has 202 valence electrons. The summed E-state index contributed by atoms with van der Waals surface area (Å²) in [5.74, 6) is -0.0232. The van der Waals surface area contributed by atoms with Gasteiger partial charge in [0.05, 0.1) is 30.0 Å². The van der Waals surface area contributed by atoms with Gasteiger partial charge in [0.1, 0.15) is 5.71 Å². The molecule has 4 rings (SSSR count). The number of carbonyl (C=O) groups is 2. The minimum absolute atomic E-state index is 0.177. The average Bonchev–Trinajstić information content (AvgIpc) is 3.51. The topological polar surface area (TPSA) is 100 Å². The maximum atomic E-state index is 13.3. The van der Waals surface area contributed by atoms with Crippen molar-refractivity contribution in [3.63, 3.8) is 0 Å². The van der Waals surface area contributed by atoms with Crippen molar-refractivity contribution in [2.75, 3.05) is 31.3 Å². The quantitative estimate of drug-likeness (QED) is 0.321. The van der Waals surface area contributed by atoms with Crippen LogP contribution in [-0.4, -0.2) is 48.8 Å². The van der Waals surface area contributed by atoms with Crippen LogP contribution in [0.5, 0.6) is 0 Å². The lowest BCUT2D eigenvalue weighted by molar-refractivity contribution is -0.119. The van der Waals surface area contributed by atoms with Crippen LogP contribution in [0.1, 0.15) is 49.8 Å². The monoisotopic (exact) mass is 557 g/mol. The number of nitrogens with two attached hydrogens (primary N) is 1. The van der Waals surface area contributed by atoms with E-state index in [9.17, 15) is 9.59 Å². The van der Waals surface area contributed by atoms with E-state index in [-0.39, 0.29) is 17.9 Å². The normalized spacial score (nSPS) is 19.9. The highest BCUT2D eigenvalue weighted by molar-refractivity contribution is 6.40. The molecular formula is C28H33Cl2N5O3. The molecule has 10 heteroatoms. The first-order chi connectivity index (χ1) is 18.2. The molecule has 2 atom stereocenters. The number of nitrogens with one attached hydrogen (secondary N) is 1. The Hall–Kier alpha value is -2.91. The van der Waals surface area contributed by atoms with Gasteiger partial charge in [0, 0.05) is 30.6 Å². The Kier molecular flexibility index (Phi) is 9.44. The molecule has 0 radical (unpaired) electrons. The van der Waals surface area contributed by atoms with Crippen molar-refractivity contribution in [3.8, 4) is 0 Å². The number of rotatable bonds is 10. The number of anilines is 1. The molecule has 8 nitrogen and oxygen atoms in total. The number of primary amides is 1. The third kappa shape index (κ3) is 7.14. The standard InChI is InChI=1S/C28H33Cl2N5O3/c1-18(2)20-5-7-21(8-6-20)26-15-24(32-35(26)25-10-9-22(29)14-23(25)30)28(37)33-34-12-11-19(16-34)17-38-13-3-4-27(31)36/h3-10,14,18-19,26H,11-13,15-17H2,1-2H3,(H2,31,36)(H,33,37)/b4-3+. The second-order valence-corrected chi connectivity index (χ2v) is 10.8. The summed E-state index contributed by atoms with van der Waals surface area (Å²) in [5.41, 5.74) is 11.5. The van der Waals surface area contributed by atoms with Crippen LogP contribution >= 0.6 is 23.2 Å². The minimum atomic E-state index is -0.495. The van der Waals surface area contributed by atoms with Gasteiger partial charge in [-0.2, -0.15) is 5.10 Å². The molecule has 2 aromatic carbocycles. The molecule has 2 aliphatic heterocycles. The summed E-state index contributed by atoms with van der Waals surface area (Å²) in [7, 11) is 0. The van der Waals surface area contributed by atoms with Crippen molar-refractivity contribution in [1.82, 2.24) is 10.4 Å². The summed E-state index contributed by atoms with van der Waals surface area (Å²) < 4.78 is 5.60. The van der Waals surface area contributed by atoms with E-state index >= 15 is 0 Å². The van der Waals surface area contributed by atoms with E-state index in [0.717, 1.165) is 18.5 Å². The van der Waals surface area contributed by atoms with Gasteiger partial charge < -0.3 is 10.5 Å². The number of amides is 2. The zero-order valence-electron chi connectivity index (χ0n) is 21.6. The predicted octanol–water partition coefficient (Wildman–Crippen LogP) is 4.84. The number of nitrogens with zero attached hydrogens (tertiary/aromatic N) is 3. The summed E-state index contributed by atoms with van der Waals surface area (Å²) in [5, 5.41) is 9.45. The molecule has 3 N–H and O–H groups in total. The molecule has 0 aromatic heterocycles. The van der Waals surface area contributed by atoms with Gasteiger partial charge in [-0.05, 0) is 47.6 Å². The fourth-order valence-electron chi connectivity index (χ4n) is 4.64. The predicted molar refractivity (Wildman–Crippen MR) is 151 cm³/mol. The number of carbonyl (C=O) groups excluding carboxylic acids is 2. The molecule has 2 heterocycles. The van der Waals surface area contributed by atoms with Gasteiger partial charge in [-0.1, -0.05) is 67.4 Å². The van der Waals surface area contributed by atoms with E-state index in [1.54, 1.807) is 18.2 Å². The number of hydrazine groups is 1. The van der Waals surface area contributed by atoms with Crippen LogP contribution in [0.25, 0.3) is 0 Å². The molecule has 0 bridgehead atoms. The maximum absolute atomic E-state index is 13.3. The highest BCUT2D eigenvalue weighted by Crippen LogP contribution is 2.40. The number of ether oxygens (including phenoxy) is 1. The number of halogens is 2. The van der Waals surface area contributed by atoms with Gasteiger partial charge in [-0.15, -0.1) is 0 Å². The Morgan fingerprint density at radius 2 is 1.97 bits per heavy atom. The molecule has 2 aliphatic rings. The van der Waals surface area contributed by atoms with Gasteiger partial charge in [0.2, 0.25) is 5.91 Å². The van der Waals surface area contributed by atoms with E-state index in [2.05, 4.69) is 43.5 Å². The van der Waals surface area contributed by atoms with E-state index in [1.807, 2.05) is 16.1 Å². The average molecular weight is 559 g/mol. The summed E-state index contributed by atoms with van der Waals surface area (Å²) >= 11 is 12.7. The summed E-state index contributed by atoms with van der Waals surface area (Å²) in [6.45, 7) is 6.57. The van der Waals surface area contributed by atoms with E-state index in [0.29, 0.717) is 53.5 Å². The third-order valence-electron chi connectivity index (χ3n) is 6.71. The smallest absolute Gasteiger partial charge is 0.281 e. The van der Waals surface area contributed by atoms with Crippen LogP contribution in [0.4, 0.5) is 5.69 Å². The van der Waals surface area contributed by atoms with E-state index in [1.165, 1.54) is 11.6 Å². The second-order valence-electron chi connectivity index (χ2n) is 9.91. The van der Waals surface area contributed by atoms with Crippen LogP contribution in [0.2, 0.25) is 10.0 Å². The fourth-order valence-corrected chi connectivity index (χ4v) is 5.14. The van der Waals surface area contributed by atoms with E-state index in [4.69, 9.17) is 38.8 Å². The first-order valence-electron chi connectivity index (χ1n) is 12.7. The highest BCUT2D eigenvalue weighted by Gasteiger charge is 2.35. The van der Waals surface area contributed by atoms with Gasteiger partial charge in [0.15, 0.2) is 0 Å². The van der Waals surface area contributed by atoms with Gasteiger partial charge >= 0.3 is 0 Å². The molecule has 1 fully saturated rings. The van der Waals surface area contributed by atoms with Crippen molar-refractivity contribution in [3.05, 3.63) is 75.8 Å². The van der Waals surface area contributed by atoms with Crippen molar-refractivity contribution in [2.45, 2.75) is 38.6 Å². The molecule has 2 amide bonds. The first-order valence-corrected chi connectivity index (χ1v) is 13.5. The Morgan fingerprint density at radius 3 is 2.66 bits per heavy atom. The highest BCUT2D eigenvalue weighted by atomic mass is 35.5. The maximum Gasteiger partial charge on any atom is 0.281 e. The SMILES string of the molecule is CC(C)c1ccc(C2CC(C(=O)NN3CCC(COC/C=C/C(N)=O)C3)=NN2c2ccc(Cl)cc2Cl)cc1. The van der Waals surface area contributed by atoms with E-state index < -0.39 is 5.91 Å². The van der Waals surface area contributed by atoms with Crippen molar-refractivity contribution < 1.29 is 14.3 Å². The molecule has 38 heavy (non-hydrogen) atoms. The van der Waals surface area contributed by atoms with Gasteiger partial charge in [0.25, 0.3) is 5.91 Å². The van der Waals surface area contributed by atoms with Crippen molar-refractivity contribution in [2.24, 2.45) is 16.8 Å². The lowest BCUT2D eigenvalue weighted by Gasteiger charge is -2.25. The minimum Gasteiger partial charge on any atom is -0.377 e. The van der Waals surface area contributed by atoms with Crippen LogP contribution in [-0.2, 0) is 14.3 Å². The number of benzene rings is 2. The number of hydrogen-bond donors (Lipinski definition) is 2. The zero-order chi connectivity index (χ0) is 27.2. The Balaban J connectivity index is 1.43. The van der Waals surface area contributed by atoms with Crippen LogP contribution in [0, 0.1) is 5.92 Å². The number of hydrazone groups is 1. The fraction of sp³-hybridized carbons (Fsp3) is 0.393. The zero-order valence-corrected chi connectivity index (χ0v) is 23.1. The van der Waals surface area contributed by atoms with Gasteiger partial charge in [-0.25, -0.2) is 5.01 Å². The first kappa shape index (κ1) is 28.1. The molecule has 2 unspecified atom stereocenters.